The van der Waals surface area contributed by atoms with Gasteiger partial charge in [-0.15, -0.1) is 0 Å². The lowest BCUT2D eigenvalue weighted by Gasteiger charge is -2.16. The molecule has 126 valence electrons. The van der Waals surface area contributed by atoms with Crippen molar-refractivity contribution in [3.63, 3.8) is 0 Å². The normalized spacial score (nSPS) is 10.7. The van der Waals surface area contributed by atoms with Crippen molar-refractivity contribution in [1.82, 2.24) is 4.90 Å². The van der Waals surface area contributed by atoms with Crippen molar-refractivity contribution in [2.24, 2.45) is 0 Å². The van der Waals surface area contributed by atoms with Crippen LogP contribution in [0.3, 0.4) is 0 Å². The summed E-state index contributed by atoms with van der Waals surface area (Å²) in [6, 6.07) is 13.3. The first-order valence-corrected chi connectivity index (χ1v) is 8.23. The van der Waals surface area contributed by atoms with Crippen molar-refractivity contribution in [3.8, 4) is 11.5 Å². The predicted octanol–water partition coefficient (Wildman–Crippen LogP) is 4.14. The molecule has 4 nitrogen and oxygen atoms in total. The molecule has 0 spiro atoms. The van der Waals surface area contributed by atoms with Crippen LogP contribution in [0, 0.1) is 0 Å². The van der Waals surface area contributed by atoms with Crippen LogP contribution >= 0.6 is 15.9 Å². The molecule has 5 heteroatoms. The van der Waals surface area contributed by atoms with E-state index in [9.17, 15) is 4.79 Å². The lowest BCUT2D eigenvalue weighted by atomic mass is 10.1. The zero-order valence-electron chi connectivity index (χ0n) is 14.0. The molecule has 0 saturated heterocycles. The molecule has 2 rings (SSSR count). The summed E-state index contributed by atoms with van der Waals surface area (Å²) >= 11 is 3.50. The molecule has 0 unspecified atom stereocenters. The highest BCUT2D eigenvalue weighted by Crippen LogP contribution is 2.25. The van der Waals surface area contributed by atoms with Crippen molar-refractivity contribution in [3.05, 3.63) is 64.1 Å². The number of methoxy groups -OCH3 is 2. The fourth-order valence-corrected chi connectivity index (χ4v) is 2.61. The van der Waals surface area contributed by atoms with Gasteiger partial charge in [-0.1, -0.05) is 34.1 Å². The van der Waals surface area contributed by atoms with Crippen molar-refractivity contribution in [2.45, 2.75) is 6.54 Å². The molecule has 0 bridgehead atoms. The standard InChI is InChI=1S/C19H20BrNO3/c1-21(13-15-6-4-5-7-17(15)20)19(22)11-9-14-8-10-16(23-2)12-18(14)24-3/h4-12H,13H2,1-3H3/b11-9+. The van der Waals surface area contributed by atoms with Gasteiger partial charge in [-0.2, -0.15) is 0 Å². The maximum atomic E-state index is 12.3. The number of hydrogen-bond acceptors (Lipinski definition) is 3. The van der Waals surface area contributed by atoms with Crippen molar-refractivity contribution < 1.29 is 14.3 Å². The summed E-state index contributed by atoms with van der Waals surface area (Å²) in [6.07, 6.45) is 3.29. The second-order valence-electron chi connectivity index (χ2n) is 5.23. The molecule has 2 aromatic carbocycles. The Morgan fingerprint density at radius 1 is 1.17 bits per heavy atom. The molecule has 0 aliphatic carbocycles. The smallest absolute Gasteiger partial charge is 0.246 e. The van der Waals surface area contributed by atoms with Gasteiger partial charge in [0.15, 0.2) is 0 Å². The topological polar surface area (TPSA) is 38.8 Å². The third-order valence-corrected chi connectivity index (χ3v) is 4.36. The van der Waals surface area contributed by atoms with Gasteiger partial charge in [0.2, 0.25) is 5.91 Å². The van der Waals surface area contributed by atoms with Crippen LogP contribution in [0.15, 0.2) is 53.0 Å². The molecule has 0 fully saturated rings. The van der Waals surface area contributed by atoms with Gasteiger partial charge >= 0.3 is 0 Å². The number of rotatable bonds is 6. The summed E-state index contributed by atoms with van der Waals surface area (Å²) in [7, 11) is 4.97. The van der Waals surface area contributed by atoms with Crippen LogP contribution in [0.4, 0.5) is 0 Å². The lowest BCUT2D eigenvalue weighted by molar-refractivity contribution is -0.125. The largest absolute Gasteiger partial charge is 0.497 e. The number of benzene rings is 2. The van der Waals surface area contributed by atoms with E-state index in [0.717, 1.165) is 15.6 Å². The van der Waals surface area contributed by atoms with Gasteiger partial charge in [0, 0.05) is 35.8 Å². The Kier molecular flexibility index (Phi) is 6.44. The Hall–Kier alpha value is -2.27. The highest BCUT2D eigenvalue weighted by atomic mass is 79.9. The number of hydrogen-bond donors (Lipinski definition) is 0. The van der Waals surface area contributed by atoms with Crippen LogP contribution in [0.5, 0.6) is 11.5 Å². The van der Waals surface area contributed by atoms with Crippen molar-refractivity contribution in [1.29, 1.82) is 0 Å². The Bertz CT molecular complexity index is 743. The van der Waals surface area contributed by atoms with E-state index in [1.807, 2.05) is 36.4 Å². The molecule has 0 heterocycles. The van der Waals surface area contributed by atoms with Gasteiger partial charge in [0.1, 0.15) is 11.5 Å². The molecule has 0 N–H and O–H groups in total. The van der Waals surface area contributed by atoms with E-state index in [-0.39, 0.29) is 5.91 Å². The summed E-state index contributed by atoms with van der Waals surface area (Å²) in [5.74, 6) is 1.29. The zero-order chi connectivity index (χ0) is 17.5. The fourth-order valence-electron chi connectivity index (χ4n) is 2.20. The SMILES string of the molecule is COc1ccc(/C=C/C(=O)N(C)Cc2ccccc2Br)c(OC)c1. The molecule has 0 radical (unpaired) electrons. The van der Waals surface area contributed by atoms with Gasteiger partial charge in [-0.3, -0.25) is 4.79 Å². The van der Waals surface area contributed by atoms with Crippen LogP contribution in [0.2, 0.25) is 0 Å². The van der Waals surface area contributed by atoms with Crippen molar-refractivity contribution in [2.75, 3.05) is 21.3 Å². The van der Waals surface area contributed by atoms with Gasteiger partial charge in [-0.05, 0) is 29.8 Å². The van der Waals surface area contributed by atoms with E-state index in [4.69, 9.17) is 9.47 Å². The minimum absolute atomic E-state index is 0.0800. The Morgan fingerprint density at radius 3 is 2.58 bits per heavy atom. The zero-order valence-corrected chi connectivity index (χ0v) is 15.5. The van der Waals surface area contributed by atoms with Crippen LogP contribution in [-0.2, 0) is 11.3 Å². The molecule has 1 amide bonds. The minimum atomic E-state index is -0.0800. The highest BCUT2D eigenvalue weighted by Gasteiger charge is 2.09. The molecule has 0 saturated carbocycles. The van der Waals surface area contributed by atoms with Crippen LogP contribution in [0.1, 0.15) is 11.1 Å². The van der Waals surface area contributed by atoms with Crippen LogP contribution in [-0.4, -0.2) is 32.1 Å². The summed E-state index contributed by atoms with van der Waals surface area (Å²) in [6.45, 7) is 0.532. The number of amides is 1. The highest BCUT2D eigenvalue weighted by molar-refractivity contribution is 9.10. The first-order chi connectivity index (χ1) is 11.5. The molecule has 2 aromatic rings. The van der Waals surface area contributed by atoms with E-state index in [1.54, 1.807) is 44.4 Å². The van der Waals surface area contributed by atoms with Gasteiger partial charge < -0.3 is 14.4 Å². The lowest BCUT2D eigenvalue weighted by Crippen LogP contribution is -2.24. The number of ether oxygens (including phenoxy) is 2. The summed E-state index contributed by atoms with van der Waals surface area (Å²) in [5, 5.41) is 0. The molecular weight excluding hydrogens is 370 g/mol. The fraction of sp³-hybridized carbons (Fsp3) is 0.211. The van der Waals surface area contributed by atoms with Crippen LogP contribution in [0.25, 0.3) is 6.08 Å². The predicted molar refractivity (Wildman–Crippen MR) is 99.2 cm³/mol. The molecule has 0 aliphatic rings. The summed E-state index contributed by atoms with van der Waals surface area (Å²) in [5.41, 5.74) is 1.88. The monoisotopic (exact) mass is 389 g/mol. The van der Waals surface area contributed by atoms with E-state index < -0.39 is 0 Å². The maximum Gasteiger partial charge on any atom is 0.246 e. The first-order valence-electron chi connectivity index (χ1n) is 7.43. The number of nitrogens with zero attached hydrogens (tertiary/aromatic N) is 1. The number of likely N-dealkylation sites (N-methyl/N-ethyl adjacent to an activating group) is 1. The average Bonchev–Trinajstić information content (AvgIpc) is 2.61. The van der Waals surface area contributed by atoms with E-state index in [2.05, 4.69) is 15.9 Å². The van der Waals surface area contributed by atoms with Gasteiger partial charge in [-0.25, -0.2) is 0 Å². The van der Waals surface area contributed by atoms with Gasteiger partial charge in [0.05, 0.1) is 14.2 Å². The quantitative estimate of drug-likeness (QED) is 0.696. The molecule has 0 aliphatic heterocycles. The number of carbonyl (C=O) groups is 1. The third-order valence-electron chi connectivity index (χ3n) is 3.59. The number of carbonyl (C=O) groups excluding carboxylic acids is 1. The van der Waals surface area contributed by atoms with E-state index in [1.165, 1.54) is 0 Å². The Morgan fingerprint density at radius 2 is 1.92 bits per heavy atom. The average molecular weight is 390 g/mol. The molecule has 0 atom stereocenters. The summed E-state index contributed by atoms with van der Waals surface area (Å²) in [4.78, 5) is 14.0. The molecule has 0 aromatic heterocycles. The van der Waals surface area contributed by atoms with E-state index >= 15 is 0 Å². The Labute approximate surface area is 150 Å². The second kappa shape index (κ2) is 8.55. The second-order valence-corrected chi connectivity index (χ2v) is 6.08. The van der Waals surface area contributed by atoms with E-state index in [0.29, 0.717) is 18.0 Å². The Balaban J connectivity index is 2.08. The summed E-state index contributed by atoms with van der Waals surface area (Å²) < 4.78 is 11.5. The number of halogens is 1. The van der Waals surface area contributed by atoms with Crippen molar-refractivity contribution >= 4 is 27.9 Å². The maximum absolute atomic E-state index is 12.3. The van der Waals surface area contributed by atoms with Crippen LogP contribution < -0.4 is 9.47 Å². The molecule has 24 heavy (non-hydrogen) atoms. The third kappa shape index (κ3) is 4.61. The van der Waals surface area contributed by atoms with Gasteiger partial charge in [0.25, 0.3) is 0 Å². The first kappa shape index (κ1) is 18.1. The molecular formula is C19H20BrNO3. The minimum Gasteiger partial charge on any atom is -0.497 e.